The maximum atomic E-state index is 11.1. The maximum Gasteiger partial charge on any atom is 0.247 e. The summed E-state index contributed by atoms with van der Waals surface area (Å²) in [6, 6.07) is 0. The van der Waals surface area contributed by atoms with Gasteiger partial charge in [-0.25, -0.2) is 0 Å². The van der Waals surface area contributed by atoms with Crippen LogP contribution in [0.3, 0.4) is 0 Å². The zero-order valence-electron chi connectivity index (χ0n) is 10.5. The topological polar surface area (TPSA) is 41.5 Å². The van der Waals surface area contributed by atoms with Crippen molar-refractivity contribution in [3.8, 4) is 0 Å². The number of nitrogens with zero attached hydrogens (tertiary/aromatic N) is 1. The van der Waals surface area contributed by atoms with E-state index in [0.717, 1.165) is 11.8 Å². The zero-order chi connectivity index (χ0) is 11.8. The van der Waals surface area contributed by atoms with Crippen molar-refractivity contribution >= 4 is 11.7 Å². The zero-order valence-corrected chi connectivity index (χ0v) is 10.5. The predicted octanol–water partition coefficient (Wildman–Crippen LogP) is 2.37. The highest BCUT2D eigenvalue weighted by atomic mass is 16.2. The van der Waals surface area contributed by atoms with E-state index in [1.807, 2.05) is 0 Å². The highest BCUT2D eigenvalue weighted by Crippen LogP contribution is 2.40. The van der Waals surface area contributed by atoms with E-state index in [9.17, 15) is 4.79 Å². The van der Waals surface area contributed by atoms with Gasteiger partial charge < -0.3 is 5.32 Å². The van der Waals surface area contributed by atoms with Crippen molar-refractivity contribution in [2.24, 2.45) is 22.2 Å². The number of carbonyl (C=O) groups excluding carboxylic acids is 1. The molecule has 90 valence electrons. The number of amidine groups is 1. The minimum atomic E-state index is 0.0629. The van der Waals surface area contributed by atoms with Gasteiger partial charge in [-0.1, -0.05) is 20.8 Å². The Bertz CT molecular complexity index is 306. The van der Waals surface area contributed by atoms with Crippen LogP contribution in [0.5, 0.6) is 0 Å². The molecular formula is C13H22N2O. The van der Waals surface area contributed by atoms with E-state index in [-0.39, 0.29) is 5.91 Å². The van der Waals surface area contributed by atoms with E-state index >= 15 is 0 Å². The van der Waals surface area contributed by atoms with Crippen LogP contribution < -0.4 is 5.32 Å². The van der Waals surface area contributed by atoms with Crippen LogP contribution in [0.25, 0.3) is 0 Å². The van der Waals surface area contributed by atoms with Gasteiger partial charge in [0, 0.05) is 5.92 Å². The Morgan fingerprint density at radius 1 is 1.19 bits per heavy atom. The van der Waals surface area contributed by atoms with Crippen molar-refractivity contribution in [3.05, 3.63) is 0 Å². The number of carbonyl (C=O) groups is 1. The number of hydrogen-bond donors (Lipinski definition) is 1. The Morgan fingerprint density at radius 3 is 2.25 bits per heavy atom. The molecule has 0 saturated heterocycles. The van der Waals surface area contributed by atoms with Gasteiger partial charge in [0.25, 0.3) is 0 Å². The fourth-order valence-corrected chi connectivity index (χ4v) is 2.84. The van der Waals surface area contributed by atoms with Gasteiger partial charge in [-0.3, -0.25) is 9.79 Å². The van der Waals surface area contributed by atoms with Crippen LogP contribution in [0.4, 0.5) is 0 Å². The molecular weight excluding hydrogens is 200 g/mol. The first-order chi connectivity index (χ1) is 7.47. The summed E-state index contributed by atoms with van der Waals surface area (Å²) in [5.74, 6) is 2.34. The third-order valence-electron chi connectivity index (χ3n) is 4.00. The number of nitrogens with one attached hydrogen (secondary N) is 1. The smallest absolute Gasteiger partial charge is 0.247 e. The fraction of sp³-hybridized carbons (Fsp3) is 0.846. The Hall–Kier alpha value is -0.860. The van der Waals surface area contributed by atoms with E-state index in [0.29, 0.717) is 17.9 Å². The van der Waals surface area contributed by atoms with Crippen LogP contribution in [0.15, 0.2) is 4.99 Å². The molecule has 0 aromatic rings. The van der Waals surface area contributed by atoms with E-state index in [4.69, 9.17) is 0 Å². The first kappa shape index (κ1) is 11.6. The Balaban J connectivity index is 1.88. The highest BCUT2D eigenvalue weighted by Gasteiger charge is 2.32. The summed E-state index contributed by atoms with van der Waals surface area (Å²) in [6.45, 7) is 7.32. The molecule has 2 rings (SSSR count). The van der Waals surface area contributed by atoms with Gasteiger partial charge in [0.1, 0.15) is 12.4 Å². The summed E-state index contributed by atoms with van der Waals surface area (Å²) in [5, 5.41) is 2.89. The monoisotopic (exact) mass is 222 g/mol. The molecule has 0 bridgehead atoms. The first-order valence-corrected chi connectivity index (χ1v) is 6.31. The summed E-state index contributed by atoms with van der Waals surface area (Å²) < 4.78 is 0. The quantitative estimate of drug-likeness (QED) is 0.727. The third-order valence-corrected chi connectivity index (χ3v) is 4.00. The molecule has 1 aliphatic carbocycles. The van der Waals surface area contributed by atoms with Crippen molar-refractivity contribution < 1.29 is 4.79 Å². The Morgan fingerprint density at radius 2 is 1.81 bits per heavy atom. The van der Waals surface area contributed by atoms with Crippen molar-refractivity contribution in [3.63, 3.8) is 0 Å². The second-order valence-electron chi connectivity index (χ2n) is 6.16. The maximum absolute atomic E-state index is 11.1. The standard InChI is InChI=1S/C13H22N2O/c1-13(2,3)10-6-4-9(5-7-10)12-14-8-11(16)15-12/h9-10H,4-8H2,1-3H3,(H,14,15,16). The van der Waals surface area contributed by atoms with Gasteiger partial charge in [0.15, 0.2) is 0 Å². The minimum Gasteiger partial charge on any atom is -0.313 e. The number of rotatable bonds is 1. The molecule has 0 spiro atoms. The van der Waals surface area contributed by atoms with Crippen LogP contribution in [0, 0.1) is 17.3 Å². The minimum absolute atomic E-state index is 0.0629. The van der Waals surface area contributed by atoms with Crippen molar-refractivity contribution in [1.29, 1.82) is 0 Å². The van der Waals surface area contributed by atoms with Crippen LogP contribution in [-0.4, -0.2) is 18.3 Å². The Kier molecular flexibility index (Phi) is 3.04. The van der Waals surface area contributed by atoms with Crippen LogP contribution in [0.2, 0.25) is 0 Å². The lowest BCUT2D eigenvalue weighted by molar-refractivity contribution is -0.117. The second-order valence-corrected chi connectivity index (χ2v) is 6.16. The van der Waals surface area contributed by atoms with Gasteiger partial charge in [0.05, 0.1) is 0 Å². The summed E-state index contributed by atoms with van der Waals surface area (Å²) in [4.78, 5) is 15.4. The predicted molar refractivity (Wildman–Crippen MR) is 65.3 cm³/mol. The van der Waals surface area contributed by atoms with Crippen LogP contribution >= 0.6 is 0 Å². The Labute approximate surface area is 97.7 Å². The average Bonchev–Trinajstić information content (AvgIpc) is 2.64. The number of hydrogen-bond acceptors (Lipinski definition) is 2. The summed E-state index contributed by atoms with van der Waals surface area (Å²) in [6.07, 6.45) is 4.90. The van der Waals surface area contributed by atoms with Crippen LogP contribution in [0.1, 0.15) is 46.5 Å². The van der Waals surface area contributed by atoms with E-state index in [1.54, 1.807) is 0 Å². The van der Waals surface area contributed by atoms with E-state index < -0.39 is 0 Å². The molecule has 1 amide bonds. The summed E-state index contributed by atoms with van der Waals surface area (Å²) in [7, 11) is 0. The summed E-state index contributed by atoms with van der Waals surface area (Å²) in [5.41, 5.74) is 0.422. The highest BCUT2D eigenvalue weighted by molar-refractivity contribution is 6.04. The van der Waals surface area contributed by atoms with Gasteiger partial charge in [0.2, 0.25) is 5.91 Å². The molecule has 0 radical (unpaired) electrons. The molecule has 16 heavy (non-hydrogen) atoms. The first-order valence-electron chi connectivity index (χ1n) is 6.31. The molecule has 1 fully saturated rings. The average molecular weight is 222 g/mol. The molecule has 0 unspecified atom stereocenters. The van der Waals surface area contributed by atoms with Crippen molar-refractivity contribution in [2.75, 3.05) is 6.54 Å². The largest absolute Gasteiger partial charge is 0.313 e. The lowest BCUT2D eigenvalue weighted by atomic mass is 9.69. The number of amides is 1. The lowest BCUT2D eigenvalue weighted by Crippen LogP contribution is -2.35. The molecule has 3 nitrogen and oxygen atoms in total. The second kappa shape index (κ2) is 4.19. The number of aliphatic imine (C=N–C) groups is 1. The molecule has 0 atom stereocenters. The van der Waals surface area contributed by atoms with E-state index in [1.165, 1.54) is 25.7 Å². The molecule has 1 saturated carbocycles. The molecule has 2 aliphatic rings. The summed E-state index contributed by atoms with van der Waals surface area (Å²) >= 11 is 0. The molecule has 0 aromatic heterocycles. The van der Waals surface area contributed by atoms with Gasteiger partial charge >= 0.3 is 0 Å². The van der Waals surface area contributed by atoms with Crippen LogP contribution in [-0.2, 0) is 4.79 Å². The lowest BCUT2D eigenvalue weighted by Gasteiger charge is -2.36. The molecule has 3 heteroatoms. The molecule has 1 N–H and O–H groups in total. The van der Waals surface area contributed by atoms with Gasteiger partial charge in [-0.15, -0.1) is 0 Å². The normalized spacial score (nSPS) is 31.2. The fourth-order valence-electron chi connectivity index (χ4n) is 2.84. The molecule has 1 aliphatic heterocycles. The van der Waals surface area contributed by atoms with Gasteiger partial charge in [-0.2, -0.15) is 0 Å². The molecule has 0 aromatic carbocycles. The van der Waals surface area contributed by atoms with Crippen molar-refractivity contribution in [1.82, 2.24) is 5.32 Å². The SMILES string of the molecule is CC(C)(C)C1CCC(C2=NCC(=O)N2)CC1. The van der Waals surface area contributed by atoms with Crippen molar-refractivity contribution in [2.45, 2.75) is 46.5 Å². The third kappa shape index (κ3) is 2.45. The van der Waals surface area contributed by atoms with E-state index in [2.05, 4.69) is 31.1 Å². The van der Waals surface area contributed by atoms with Gasteiger partial charge in [-0.05, 0) is 37.0 Å². The molecule has 1 heterocycles.